The number of nitrogens with zero attached hydrogens (tertiary/aromatic N) is 3. The molecule has 8 heteroatoms. The number of nitrogens with one attached hydrogen (secondary N) is 1. The van der Waals surface area contributed by atoms with Gasteiger partial charge in [0.2, 0.25) is 0 Å². The monoisotopic (exact) mass is 302 g/mol. The number of anilines is 1. The SMILES string of the molecule is CCN(C(C)C)S(=O)(=O)c1c(NC)nc2sccn12. The van der Waals surface area contributed by atoms with Crippen LogP contribution in [-0.4, -0.2) is 41.7 Å². The number of imidazole rings is 1. The zero-order valence-electron chi connectivity index (χ0n) is 11.4. The van der Waals surface area contributed by atoms with E-state index in [2.05, 4.69) is 10.3 Å². The van der Waals surface area contributed by atoms with Crippen molar-refractivity contribution in [1.82, 2.24) is 13.7 Å². The van der Waals surface area contributed by atoms with Gasteiger partial charge in [-0.3, -0.25) is 4.40 Å². The van der Waals surface area contributed by atoms with Crippen molar-refractivity contribution in [2.24, 2.45) is 0 Å². The van der Waals surface area contributed by atoms with Crippen LogP contribution in [0.2, 0.25) is 0 Å². The quantitative estimate of drug-likeness (QED) is 0.915. The largest absolute Gasteiger partial charge is 0.371 e. The van der Waals surface area contributed by atoms with Crippen molar-refractivity contribution in [2.75, 3.05) is 18.9 Å². The maximum absolute atomic E-state index is 12.8. The van der Waals surface area contributed by atoms with E-state index in [-0.39, 0.29) is 11.1 Å². The third-order valence-corrected chi connectivity index (χ3v) is 5.83. The Labute approximate surface area is 117 Å². The van der Waals surface area contributed by atoms with Gasteiger partial charge in [-0.25, -0.2) is 13.4 Å². The van der Waals surface area contributed by atoms with Gasteiger partial charge >= 0.3 is 0 Å². The van der Waals surface area contributed by atoms with Gasteiger partial charge in [-0.1, -0.05) is 6.92 Å². The number of hydrogen-bond donors (Lipinski definition) is 1. The predicted octanol–water partition coefficient (Wildman–Crippen LogP) is 1.86. The Morgan fingerprint density at radius 1 is 1.53 bits per heavy atom. The highest BCUT2D eigenvalue weighted by atomic mass is 32.2. The zero-order valence-corrected chi connectivity index (χ0v) is 13.0. The molecule has 2 aromatic heterocycles. The van der Waals surface area contributed by atoms with Crippen LogP contribution in [-0.2, 0) is 10.0 Å². The molecule has 0 atom stereocenters. The highest BCUT2D eigenvalue weighted by Gasteiger charge is 2.32. The van der Waals surface area contributed by atoms with E-state index < -0.39 is 10.0 Å². The number of fused-ring (bicyclic) bond motifs is 1. The van der Waals surface area contributed by atoms with E-state index in [1.807, 2.05) is 26.2 Å². The van der Waals surface area contributed by atoms with Gasteiger partial charge in [0.05, 0.1) is 0 Å². The Hall–Kier alpha value is -1.12. The molecule has 0 spiro atoms. The molecule has 0 saturated heterocycles. The third kappa shape index (κ3) is 2.24. The summed E-state index contributed by atoms with van der Waals surface area (Å²) in [6.07, 6.45) is 1.73. The van der Waals surface area contributed by atoms with Gasteiger partial charge in [0.1, 0.15) is 0 Å². The highest BCUT2D eigenvalue weighted by Crippen LogP contribution is 2.28. The number of hydrogen-bond acceptors (Lipinski definition) is 5. The Morgan fingerprint density at radius 3 is 2.74 bits per heavy atom. The van der Waals surface area contributed by atoms with Crippen molar-refractivity contribution < 1.29 is 8.42 Å². The van der Waals surface area contributed by atoms with E-state index >= 15 is 0 Å². The first-order valence-corrected chi connectivity index (χ1v) is 8.40. The van der Waals surface area contributed by atoms with Gasteiger partial charge in [0.15, 0.2) is 15.8 Å². The van der Waals surface area contributed by atoms with Crippen LogP contribution < -0.4 is 5.32 Å². The molecule has 0 aliphatic rings. The minimum absolute atomic E-state index is 0.0936. The van der Waals surface area contributed by atoms with Crippen molar-refractivity contribution >= 4 is 32.1 Å². The molecule has 0 unspecified atom stereocenters. The summed E-state index contributed by atoms with van der Waals surface area (Å²) in [7, 11) is -1.89. The molecule has 19 heavy (non-hydrogen) atoms. The standard InChI is InChI=1S/C11H18N4O2S2/c1-5-15(8(2)3)19(16,17)10-9(12-4)13-11-14(10)6-7-18-11/h6-8,12H,5H2,1-4H3. The number of aromatic nitrogens is 2. The molecule has 0 bridgehead atoms. The molecule has 0 fully saturated rings. The fourth-order valence-electron chi connectivity index (χ4n) is 2.10. The van der Waals surface area contributed by atoms with Crippen molar-refractivity contribution in [3.05, 3.63) is 11.6 Å². The van der Waals surface area contributed by atoms with E-state index in [1.165, 1.54) is 15.6 Å². The lowest BCUT2D eigenvalue weighted by molar-refractivity contribution is 0.367. The Morgan fingerprint density at radius 2 is 2.21 bits per heavy atom. The van der Waals surface area contributed by atoms with Crippen molar-refractivity contribution in [2.45, 2.75) is 31.8 Å². The van der Waals surface area contributed by atoms with Gasteiger partial charge in [-0.05, 0) is 13.8 Å². The second kappa shape index (κ2) is 5.10. The van der Waals surface area contributed by atoms with Crippen LogP contribution in [0.4, 0.5) is 5.82 Å². The summed E-state index contributed by atoms with van der Waals surface area (Å²) >= 11 is 1.41. The maximum Gasteiger partial charge on any atom is 0.263 e. The first-order valence-electron chi connectivity index (χ1n) is 6.08. The van der Waals surface area contributed by atoms with Gasteiger partial charge in [0.25, 0.3) is 10.0 Å². The molecule has 2 rings (SSSR count). The van der Waals surface area contributed by atoms with Crippen molar-refractivity contribution in [3.8, 4) is 0 Å². The maximum atomic E-state index is 12.8. The molecular weight excluding hydrogens is 284 g/mol. The summed E-state index contributed by atoms with van der Waals surface area (Å²) in [4.78, 5) is 4.97. The molecule has 2 heterocycles. The van der Waals surface area contributed by atoms with Gasteiger partial charge in [-0.15, -0.1) is 11.3 Å². The van der Waals surface area contributed by atoms with E-state index in [0.29, 0.717) is 17.3 Å². The van der Waals surface area contributed by atoms with Crippen LogP contribution in [0, 0.1) is 0 Å². The molecule has 0 radical (unpaired) electrons. The second-order valence-corrected chi connectivity index (χ2v) is 7.05. The highest BCUT2D eigenvalue weighted by molar-refractivity contribution is 7.89. The van der Waals surface area contributed by atoms with E-state index in [0.717, 1.165) is 0 Å². The molecule has 0 amide bonds. The number of sulfonamides is 1. The van der Waals surface area contributed by atoms with Gasteiger partial charge in [-0.2, -0.15) is 4.31 Å². The molecular formula is C11H18N4O2S2. The number of rotatable bonds is 5. The van der Waals surface area contributed by atoms with E-state index in [4.69, 9.17) is 0 Å². The Bertz CT molecular complexity index is 672. The summed E-state index contributed by atoms with van der Waals surface area (Å²) < 4.78 is 28.7. The van der Waals surface area contributed by atoms with Crippen LogP contribution in [0.3, 0.4) is 0 Å². The lowest BCUT2D eigenvalue weighted by Gasteiger charge is -2.24. The lowest BCUT2D eigenvalue weighted by atomic mass is 10.4. The van der Waals surface area contributed by atoms with Gasteiger partial charge < -0.3 is 5.32 Å². The molecule has 0 aliphatic heterocycles. The second-order valence-electron chi connectivity index (χ2n) is 4.37. The predicted molar refractivity (Wildman–Crippen MR) is 77.3 cm³/mol. The van der Waals surface area contributed by atoms with Crippen molar-refractivity contribution in [1.29, 1.82) is 0 Å². The molecule has 2 aromatic rings. The molecule has 0 saturated carbocycles. The summed E-state index contributed by atoms with van der Waals surface area (Å²) in [6.45, 7) is 6.00. The molecule has 1 N–H and O–H groups in total. The average Bonchev–Trinajstić information content (AvgIpc) is 2.86. The minimum atomic E-state index is -3.57. The van der Waals surface area contributed by atoms with Crippen LogP contribution in [0.15, 0.2) is 16.6 Å². The van der Waals surface area contributed by atoms with Gasteiger partial charge in [0, 0.05) is 31.2 Å². The summed E-state index contributed by atoms with van der Waals surface area (Å²) in [5.41, 5.74) is 0. The first kappa shape index (κ1) is 14.3. The van der Waals surface area contributed by atoms with Crippen LogP contribution in [0.5, 0.6) is 0 Å². The average molecular weight is 302 g/mol. The van der Waals surface area contributed by atoms with Crippen LogP contribution >= 0.6 is 11.3 Å². The topological polar surface area (TPSA) is 66.7 Å². The summed E-state index contributed by atoms with van der Waals surface area (Å²) in [5, 5.41) is 4.90. The fraction of sp³-hybridized carbons (Fsp3) is 0.545. The van der Waals surface area contributed by atoms with E-state index in [1.54, 1.807) is 17.6 Å². The smallest absolute Gasteiger partial charge is 0.263 e. The zero-order chi connectivity index (χ0) is 14.2. The summed E-state index contributed by atoms with van der Waals surface area (Å²) in [5.74, 6) is 0.394. The third-order valence-electron chi connectivity index (χ3n) is 2.90. The summed E-state index contributed by atoms with van der Waals surface area (Å²) in [6, 6.07) is -0.0936. The first-order chi connectivity index (χ1) is 8.93. The lowest BCUT2D eigenvalue weighted by Crippen LogP contribution is -2.37. The van der Waals surface area contributed by atoms with E-state index in [9.17, 15) is 8.42 Å². The molecule has 0 aliphatic carbocycles. The minimum Gasteiger partial charge on any atom is -0.371 e. The fourth-order valence-corrected chi connectivity index (χ4v) is 4.77. The Balaban J connectivity index is 2.68. The van der Waals surface area contributed by atoms with Crippen LogP contribution in [0.25, 0.3) is 4.96 Å². The molecule has 0 aromatic carbocycles. The Kier molecular flexibility index (Phi) is 3.84. The molecule has 6 nitrogen and oxygen atoms in total. The van der Waals surface area contributed by atoms with Crippen molar-refractivity contribution in [3.63, 3.8) is 0 Å². The normalized spacial score (nSPS) is 12.7. The number of thiazole rings is 1. The van der Waals surface area contributed by atoms with Crippen LogP contribution in [0.1, 0.15) is 20.8 Å². The molecule has 106 valence electrons.